The van der Waals surface area contributed by atoms with Gasteiger partial charge in [0, 0.05) is 5.92 Å². The predicted molar refractivity (Wildman–Crippen MR) is 74.0 cm³/mol. The van der Waals surface area contributed by atoms with E-state index >= 15 is 0 Å². The number of rotatable bonds is 3. The van der Waals surface area contributed by atoms with Crippen LogP contribution >= 0.6 is 0 Å². The van der Waals surface area contributed by atoms with Crippen LogP contribution < -0.4 is 0 Å². The highest BCUT2D eigenvalue weighted by Crippen LogP contribution is 2.52. The van der Waals surface area contributed by atoms with Gasteiger partial charge in [-0.25, -0.2) is 9.69 Å². The molecule has 0 radical (unpaired) electrons. The zero-order valence-corrected chi connectivity index (χ0v) is 11.8. The Labute approximate surface area is 118 Å². The summed E-state index contributed by atoms with van der Waals surface area (Å²) < 4.78 is 5.08. The number of carbonyl (C=O) groups is 2. The summed E-state index contributed by atoms with van der Waals surface area (Å²) in [5.41, 5.74) is 1.14. The van der Waals surface area contributed by atoms with E-state index in [-0.39, 0.29) is 23.3 Å². The van der Waals surface area contributed by atoms with E-state index in [1.165, 1.54) is 4.90 Å². The number of imide groups is 1. The lowest BCUT2D eigenvalue weighted by molar-refractivity contribution is -0.131. The Morgan fingerprint density at radius 3 is 2.60 bits per heavy atom. The van der Waals surface area contributed by atoms with Gasteiger partial charge in [-0.1, -0.05) is 44.2 Å². The fourth-order valence-electron chi connectivity index (χ4n) is 2.82. The molecule has 0 N–H and O–H groups in total. The zero-order chi connectivity index (χ0) is 14.3. The fraction of sp³-hybridized carbons (Fsp3) is 0.500. The Morgan fingerprint density at radius 2 is 2.00 bits per heavy atom. The second kappa shape index (κ2) is 4.62. The first-order chi connectivity index (χ1) is 9.49. The van der Waals surface area contributed by atoms with Gasteiger partial charge >= 0.3 is 6.09 Å². The number of hydrogen-bond donors (Lipinski definition) is 0. The molecular weight excluding hydrogens is 254 g/mol. The molecule has 106 valence electrons. The summed E-state index contributed by atoms with van der Waals surface area (Å²) in [5.74, 6) is -0.107. The summed E-state index contributed by atoms with van der Waals surface area (Å²) >= 11 is 0. The molecule has 1 aliphatic heterocycles. The van der Waals surface area contributed by atoms with Crippen LogP contribution in [0.15, 0.2) is 30.3 Å². The second-order valence-corrected chi connectivity index (χ2v) is 6.37. The van der Waals surface area contributed by atoms with Crippen molar-refractivity contribution in [2.75, 3.05) is 6.61 Å². The highest BCUT2D eigenvalue weighted by molar-refractivity contribution is 5.96. The molecule has 4 heteroatoms. The Bertz CT molecular complexity index is 538. The first-order valence-electron chi connectivity index (χ1n) is 7.03. The quantitative estimate of drug-likeness (QED) is 0.850. The first-order valence-corrected chi connectivity index (χ1v) is 7.03. The molecule has 4 nitrogen and oxygen atoms in total. The minimum Gasteiger partial charge on any atom is -0.447 e. The van der Waals surface area contributed by atoms with E-state index in [0.29, 0.717) is 13.0 Å². The Balaban J connectivity index is 1.74. The molecule has 1 heterocycles. The molecule has 1 aromatic rings. The van der Waals surface area contributed by atoms with E-state index < -0.39 is 6.09 Å². The lowest BCUT2D eigenvalue weighted by Gasteiger charge is -2.20. The topological polar surface area (TPSA) is 46.6 Å². The molecule has 1 saturated carbocycles. The van der Waals surface area contributed by atoms with Gasteiger partial charge in [-0.15, -0.1) is 0 Å². The monoisotopic (exact) mass is 273 g/mol. The maximum Gasteiger partial charge on any atom is 0.416 e. The van der Waals surface area contributed by atoms with Crippen molar-refractivity contribution in [2.24, 2.45) is 11.3 Å². The summed E-state index contributed by atoms with van der Waals surface area (Å²) in [7, 11) is 0. The number of nitrogens with zero attached hydrogens (tertiary/aromatic N) is 1. The summed E-state index contributed by atoms with van der Waals surface area (Å²) in [4.78, 5) is 25.6. The van der Waals surface area contributed by atoms with E-state index in [1.54, 1.807) is 0 Å². The molecule has 20 heavy (non-hydrogen) atoms. The number of carbonyl (C=O) groups excluding carboxylic acids is 2. The van der Waals surface area contributed by atoms with Crippen LogP contribution in [0.1, 0.15) is 25.8 Å². The van der Waals surface area contributed by atoms with Crippen LogP contribution in [0, 0.1) is 11.3 Å². The van der Waals surface area contributed by atoms with E-state index in [9.17, 15) is 9.59 Å². The van der Waals surface area contributed by atoms with E-state index in [4.69, 9.17) is 4.74 Å². The van der Waals surface area contributed by atoms with Crippen molar-refractivity contribution in [3.8, 4) is 0 Å². The molecule has 2 fully saturated rings. The number of amides is 2. The lowest BCUT2D eigenvalue weighted by Crippen LogP contribution is -2.41. The third kappa shape index (κ3) is 2.30. The van der Waals surface area contributed by atoms with Crippen LogP contribution in [0.5, 0.6) is 0 Å². The summed E-state index contributed by atoms with van der Waals surface area (Å²) in [5, 5.41) is 0. The Kier molecular flexibility index (Phi) is 3.04. The van der Waals surface area contributed by atoms with Gasteiger partial charge in [-0.2, -0.15) is 0 Å². The van der Waals surface area contributed by atoms with E-state index in [0.717, 1.165) is 12.0 Å². The molecule has 0 aromatic heterocycles. The fourth-order valence-corrected chi connectivity index (χ4v) is 2.82. The highest BCUT2D eigenvalue weighted by atomic mass is 16.6. The van der Waals surface area contributed by atoms with Crippen LogP contribution in [0.2, 0.25) is 0 Å². The van der Waals surface area contributed by atoms with Gasteiger partial charge < -0.3 is 4.74 Å². The van der Waals surface area contributed by atoms with E-state index in [1.807, 2.05) is 30.3 Å². The van der Waals surface area contributed by atoms with Gasteiger partial charge in [-0.05, 0) is 23.8 Å². The highest BCUT2D eigenvalue weighted by Gasteiger charge is 2.55. The number of cyclic esters (lactones) is 1. The molecule has 1 aliphatic carbocycles. The van der Waals surface area contributed by atoms with Gasteiger partial charge in [0.25, 0.3) is 0 Å². The van der Waals surface area contributed by atoms with Crippen molar-refractivity contribution in [2.45, 2.75) is 32.7 Å². The van der Waals surface area contributed by atoms with Crippen molar-refractivity contribution in [1.29, 1.82) is 0 Å². The van der Waals surface area contributed by atoms with Crippen molar-refractivity contribution in [1.82, 2.24) is 4.90 Å². The number of ether oxygens (including phenoxy) is 1. The third-order valence-electron chi connectivity index (χ3n) is 4.32. The molecular formula is C16H19NO3. The molecule has 0 bridgehead atoms. The van der Waals surface area contributed by atoms with Crippen molar-refractivity contribution in [3.63, 3.8) is 0 Å². The molecule has 1 saturated heterocycles. The van der Waals surface area contributed by atoms with Gasteiger partial charge in [0.2, 0.25) is 5.91 Å². The standard InChI is InChI=1S/C16H19NO3/c1-16(2)9-13(16)14(18)17-12(10-20-15(17)19)8-11-6-4-3-5-7-11/h3-7,12-13H,8-10H2,1-2H3/t12-,13+/m1/s1. The van der Waals surface area contributed by atoms with Gasteiger partial charge in [0.05, 0.1) is 6.04 Å². The Morgan fingerprint density at radius 1 is 1.35 bits per heavy atom. The first kappa shape index (κ1) is 13.2. The van der Waals surface area contributed by atoms with Crippen LogP contribution in [0.25, 0.3) is 0 Å². The van der Waals surface area contributed by atoms with Gasteiger partial charge in [0.1, 0.15) is 6.61 Å². The molecule has 1 aromatic carbocycles. The predicted octanol–water partition coefficient (Wildman–Crippen LogP) is 2.62. The van der Waals surface area contributed by atoms with Crippen molar-refractivity contribution < 1.29 is 14.3 Å². The van der Waals surface area contributed by atoms with Crippen LogP contribution in [-0.4, -0.2) is 29.5 Å². The largest absolute Gasteiger partial charge is 0.447 e. The summed E-state index contributed by atoms with van der Waals surface area (Å²) in [6.45, 7) is 4.42. The smallest absolute Gasteiger partial charge is 0.416 e. The molecule has 0 unspecified atom stereocenters. The average Bonchev–Trinajstić information content (AvgIpc) is 2.91. The minimum absolute atomic E-state index is 0.0250. The average molecular weight is 273 g/mol. The van der Waals surface area contributed by atoms with Crippen LogP contribution in [0.4, 0.5) is 4.79 Å². The van der Waals surface area contributed by atoms with E-state index in [2.05, 4.69) is 13.8 Å². The molecule has 3 rings (SSSR count). The third-order valence-corrected chi connectivity index (χ3v) is 4.32. The minimum atomic E-state index is -0.487. The number of benzene rings is 1. The van der Waals surface area contributed by atoms with Crippen LogP contribution in [0.3, 0.4) is 0 Å². The van der Waals surface area contributed by atoms with Gasteiger partial charge in [0.15, 0.2) is 0 Å². The zero-order valence-electron chi connectivity index (χ0n) is 11.8. The molecule has 0 spiro atoms. The van der Waals surface area contributed by atoms with Crippen molar-refractivity contribution in [3.05, 3.63) is 35.9 Å². The lowest BCUT2D eigenvalue weighted by atomic mass is 10.0. The summed E-state index contributed by atoms with van der Waals surface area (Å²) in [6.07, 6.45) is 1.03. The number of hydrogen-bond acceptors (Lipinski definition) is 3. The molecule has 2 amide bonds. The SMILES string of the molecule is CC1(C)C[C@H]1C(=O)N1C(=O)OC[C@H]1Cc1ccccc1. The normalized spacial score (nSPS) is 27.3. The van der Waals surface area contributed by atoms with Gasteiger partial charge in [-0.3, -0.25) is 4.79 Å². The molecule has 2 aliphatic rings. The maximum atomic E-state index is 12.5. The molecule has 2 atom stereocenters. The maximum absolute atomic E-state index is 12.5. The second-order valence-electron chi connectivity index (χ2n) is 6.37. The van der Waals surface area contributed by atoms with Crippen molar-refractivity contribution >= 4 is 12.0 Å². The Hall–Kier alpha value is -1.84. The summed E-state index contributed by atoms with van der Waals surface area (Å²) in [6, 6.07) is 9.72. The van der Waals surface area contributed by atoms with Crippen LogP contribution in [-0.2, 0) is 16.0 Å².